The Morgan fingerprint density at radius 1 is 0.970 bits per heavy atom. The molecule has 1 aromatic heterocycles. The molecule has 0 saturated heterocycles. The molecule has 1 N–H and O–H groups in total. The quantitative estimate of drug-likeness (QED) is 0.252. The number of aromatic nitrogens is 2. The van der Waals surface area contributed by atoms with Crippen molar-refractivity contribution in [2.24, 2.45) is 0 Å². The molecule has 0 aliphatic rings. The summed E-state index contributed by atoms with van der Waals surface area (Å²) < 4.78 is 42.0. The first kappa shape index (κ1) is 21.8. The number of amides is 1. The van der Waals surface area contributed by atoms with Crippen molar-refractivity contribution >= 4 is 17.3 Å². The fourth-order valence-electron chi connectivity index (χ4n) is 3.22. The molecule has 0 radical (unpaired) electrons. The van der Waals surface area contributed by atoms with Gasteiger partial charge in [-0.2, -0.15) is 5.10 Å². The molecular weight excluding hydrogens is 437 g/mol. The average Bonchev–Trinajstić information content (AvgIpc) is 3.21. The average molecular weight is 452 g/mol. The van der Waals surface area contributed by atoms with Crippen molar-refractivity contribution in [1.29, 1.82) is 0 Å². The summed E-state index contributed by atoms with van der Waals surface area (Å²) in [7, 11) is 0. The first-order chi connectivity index (χ1) is 15.8. The summed E-state index contributed by atoms with van der Waals surface area (Å²) in [5.74, 6) is -4.46. The molecule has 4 aromatic rings. The third kappa shape index (κ3) is 4.74. The second-order valence-corrected chi connectivity index (χ2v) is 7.06. The van der Waals surface area contributed by atoms with Gasteiger partial charge < -0.3 is 5.32 Å². The lowest BCUT2D eigenvalue weighted by atomic mass is 10.1. The smallest absolute Gasteiger partial charge is 0.269 e. The highest BCUT2D eigenvalue weighted by Crippen LogP contribution is 2.27. The predicted molar refractivity (Wildman–Crippen MR) is 114 cm³/mol. The standard InChI is InChI=1S/C23H15F3N4O3/c24-18-11-20(26)21(12-19(18)25)27-22(31)10-15-13-29(16-4-2-1-3-5-16)28-23(15)14-6-8-17(9-7-14)30(32)33/h1-9,11-13H,10H2,(H,27,31). The molecule has 3 aromatic carbocycles. The summed E-state index contributed by atoms with van der Waals surface area (Å²) in [4.78, 5) is 23.0. The Labute approximate surface area is 185 Å². The molecule has 0 bridgehead atoms. The Bertz CT molecular complexity index is 1340. The Morgan fingerprint density at radius 3 is 2.30 bits per heavy atom. The van der Waals surface area contributed by atoms with Crippen LogP contribution in [0.3, 0.4) is 0 Å². The summed E-state index contributed by atoms with van der Waals surface area (Å²) in [6.45, 7) is 0. The number of rotatable bonds is 6. The highest BCUT2D eigenvalue weighted by Gasteiger charge is 2.18. The van der Waals surface area contributed by atoms with Gasteiger partial charge in [-0.1, -0.05) is 18.2 Å². The van der Waals surface area contributed by atoms with Gasteiger partial charge in [0, 0.05) is 41.6 Å². The maximum Gasteiger partial charge on any atom is 0.269 e. The minimum atomic E-state index is -1.37. The van der Waals surface area contributed by atoms with Crippen LogP contribution in [0.25, 0.3) is 16.9 Å². The van der Waals surface area contributed by atoms with Gasteiger partial charge in [0.05, 0.1) is 28.4 Å². The first-order valence-electron chi connectivity index (χ1n) is 9.65. The molecule has 166 valence electrons. The topological polar surface area (TPSA) is 90.1 Å². The van der Waals surface area contributed by atoms with Crippen molar-refractivity contribution in [3.8, 4) is 16.9 Å². The maximum absolute atomic E-state index is 13.9. The van der Waals surface area contributed by atoms with Gasteiger partial charge in [0.2, 0.25) is 5.91 Å². The van der Waals surface area contributed by atoms with Gasteiger partial charge in [0.25, 0.3) is 5.69 Å². The Kier molecular flexibility index (Phi) is 5.90. The van der Waals surface area contributed by atoms with E-state index in [0.29, 0.717) is 34.6 Å². The van der Waals surface area contributed by atoms with E-state index in [1.807, 2.05) is 6.07 Å². The molecule has 1 amide bonds. The van der Waals surface area contributed by atoms with Gasteiger partial charge in [0.15, 0.2) is 11.6 Å². The third-order valence-corrected chi connectivity index (χ3v) is 4.80. The lowest BCUT2D eigenvalue weighted by Crippen LogP contribution is -2.16. The monoisotopic (exact) mass is 452 g/mol. The van der Waals surface area contributed by atoms with Crippen molar-refractivity contribution in [2.75, 3.05) is 5.32 Å². The van der Waals surface area contributed by atoms with Crippen LogP contribution in [-0.4, -0.2) is 20.6 Å². The Morgan fingerprint density at radius 2 is 1.64 bits per heavy atom. The number of non-ortho nitro benzene ring substituents is 1. The molecule has 0 aliphatic heterocycles. The highest BCUT2D eigenvalue weighted by atomic mass is 19.2. The van der Waals surface area contributed by atoms with E-state index in [1.54, 1.807) is 30.5 Å². The van der Waals surface area contributed by atoms with Crippen molar-refractivity contribution < 1.29 is 22.9 Å². The van der Waals surface area contributed by atoms with Crippen LogP contribution in [0.4, 0.5) is 24.5 Å². The lowest BCUT2D eigenvalue weighted by molar-refractivity contribution is -0.384. The van der Waals surface area contributed by atoms with E-state index < -0.39 is 34.0 Å². The van der Waals surface area contributed by atoms with Crippen molar-refractivity contribution in [2.45, 2.75) is 6.42 Å². The van der Waals surface area contributed by atoms with E-state index >= 15 is 0 Å². The molecule has 1 heterocycles. The number of carbonyl (C=O) groups is 1. The maximum atomic E-state index is 13.9. The van der Waals surface area contributed by atoms with Gasteiger partial charge in [0.1, 0.15) is 5.82 Å². The molecule has 0 unspecified atom stereocenters. The van der Waals surface area contributed by atoms with Crippen molar-refractivity contribution in [1.82, 2.24) is 9.78 Å². The predicted octanol–water partition coefficient (Wildman–Crippen LogP) is 5.05. The fraction of sp³-hybridized carbons (Fsp3) is 0.0435. The Hall–Kier alpha value is -4.47. The second kappa shape index (κ2) is 8.95. The van der Waals surface area contributed by atoms with Crippen molar-refractivity contribution in [3.05, 3.63) is 106 Å². The normalized spacial score (nSPS) is 10.8. The molecule has 7 nitrogen and oxygen atoms in total. The van der Waals surface area contributed by atoms with Crippen LogP contribution in [0.15, 0.2) is 72.9 Å². The summed E-state index contributed by atoms with van der Waals surface area (Å²) in [6.07, 6.45) is 1.34. The summed E-state index contributed by atoms with van der Waals surface area (Å²) in [5.41, 5.74) is 1.46. The van der Waals surface area contributed by atoms with Crippen LogP contribution in [0.5, 0.6) is 0 Å². The molecule has 10 heteroatoms. The number of para-hydroxylation sites is 1. The SMILES string of the molecule is O=C(Cc1cn(-c2ccccc2)nc1-c1ccc([N+](=O)[O-])cc1)Nc1cc(F)c(F)cc1F. The number of benzene rings is 3. The van der Waals surface area contributed by atoms with Crippen LogP contribution in [-0.2, 0) is 11.2 Å². The minimum Gasteiger partial charge on any atom is -0.323 e. The summed E-state index contributed by atoms with van der Waals surface area (Å²) in [5, 5.41) is 17.7. The van der Waals surface area contributed by atoms with Crippen LogP contribution < -0.4 is 5.32 Å². The van der Waals surface area contributed by atoms with Crippen molar-refractivity contribution in [3.63, 3.8) is 0 Å². The number of hydrogen-bond acceptors (Lipinski definition) is 4. The van der Waals surface area contributed by atoms with Crippen LogP contribution in [0, 0.1) is 27.6 Å². The number of nitrogens with zero attached hydrogens (tertiary/aromatic N) is 3. The van der Waals surface area contributed by atoms with Gasteiger partial charge in [-0.25, -0.2) is 17.9 Å². The molecular formula is C23H15F3N4O3. The number of nitro benzene ring substituents is 1. The van der Waals surface area contributed by atoms with E-state index in [4.69, 9.17) is 0 Å². The zero-order chi connectivity index (χ0) is 23.5. The first-order valence-corrected chi connectivity index (χ1v) is 9.65. The molecule has 0 aliphatic carbocycles. The molecule has 33 heavy (non-hydrogen) atoms. The number of anilines is 1. The van der Waals surface area contributed by atoms with Crippen LogP contribution >= 0.6 is 0 Å². The molecule has 4 rings (SSSR count). The van der Waals surface area contributed by atoms with Crippen LogP contribution in [0.2, 0.25) is 0 Å². The van der Waals surface area contributed by atoms with E-state index in [1.165, 1.54) is 28.9 Å². The van der Waals surface area contributed by atoms with Gasteiger partial charge in [-0.05, 0) is 24.3 Å². The number of nitrogens with one attached hydrogen (secondary N) is 1. The highest BCUT2D eigenvalue weighted by molar-refractivity contribution is 5.93. The van der Waals surface area contributed by atoms with Gasteiger partial charge in [-0.3, -0.25) is 14.9 Å². The molecule has 0 saturated carbocycles. The zero-order valence-electron chi connectivity index (χ0n) is 16.8. The van der Waals surface area contributed by atoms with Crippen LogP contribution in [0.1, 0.15) is 5.56 Å². The lowest BCUT2D eigenvalue weighted by Gasteiger charge is -2.07. The van der Waals surface area contributed by atoms with E-state index in [2.05, 4.69) is 10.4 Å². The number of nitro groups is 1. The van der Waals surface area contributed by atoms with Gasteiger partial charge in [-0.15, -0.1) is 0 Å². The molecule has 0 spiro atoms. The van der Waals surface area contributed by atoms with E-state index in [9.17, 15) is 28.1 Å². The molecule has 0 atom stereocenters. The number of hydrogen-bond donors (Lipinski definition) is 1. The molecule has 0 fully saturated rings. The summed E-state index contributed by atoms with van der Waals surface area (Å²) >= 11 is 0. The minimum absolute atomic E-state index is 0.102. The van der Waals surface area contributed by atoms with E-state index in [0.717, 1.165) is 0 Å². The number of carbonyl (C=O) groups excluding carboxylic acids is 1. The zero-order valence-corrected chi connectivity index (χ0v) is 16.8. The van der Waals surface area contributed by atoms with E-state index in [-0.39, 0.29) is 12.1 Å². The third-order valence-electron chi connectivity index (χ3n) is 4.80. The second-order valence-electron chi connectivity index (χ2n) is 7.06. The largest absolute Gasteiger partial charge is 0.323 e. The Balaban J connectivity index is 1.67. The summed E-state index contributed by atoms with van der Waals surface area (Å²) in [6, 6.07) is 15.6. The van der Waals surface area contributed by atoms with Gasteiger partial charge >= 0.3 is 0 Å². The number of halogens is 3. The fourth-order valence-corrected chi connectivity index (χ4v) is 3.22.